The Labute approximate surface area is 162 Å². The highest BCUT2D eigenvalue weighted by Crippen LogP contribution is 2.31. The van der Waals surface area contributed by atoms with E-state index in [9.17, 15) is 14.7 Å². The van der Waals surface area contributed by atoms with Crippen molar-refractivity contribution in [3.8, 4) is 11.1 Å². The molecule has 4 heteroatoms. The van der Waals surface area contributed by atoms with E-state index in [1.54, 1.807) is 30.3 Å². The number of aromatic nitrogens is 1. The van der Waals surface area contributed by atoms with Crippen molar-refractivity contribution in [1.29, 1.82) is 0 Å². The van der Waals surface area contributed by atoms with Crippen LogP contribution in [0.15, 0.2) is 84.9 Å². The van der Waals surface area contributed by atoms with E-state index in [2.05, 4.69) is 4.98 Å². The summed E-state index contributed by atoms with van der Waals surface area (Å²) in [7, 11) is 0. The van der Waals surface area contributed by atoms with Crippen LogP contribution in [0.25, 0.3) is 22.0 Å². The van der Waals surface area contributed by atoms with Crippen LogP contribution in [0.2, 0.25) is 0 Å². The average Bonchev–Trinajstić information content (AvgIpc) is 2.73. The number of carbonyl (C=O) groups is 2. The molecular weight excluding hydrogens is 350 g/mol. The molecule has 0 saturated carbocycles. The first-order chi connectivity index (χ1) is 13.6. The monoisotopic (exact) mass is 367 g/mol. The predicted molar refractivity (Wildman–Crippen MR) is 109 cm³/mol. The molecule has 4 rings (SSSR count). The predicted octanol–water partition coefficient (Wildman–Crippen LogP) is 5.03. The van der Waals surface area contributed by atoms with E-state index < -0.39 is 5.97 Å². The van der Waals surface area contributed by atoms with Gasteiger partial charge in [-0.25, -0.2) is 4.79 Å². The van der Waals surface area contributed by atoms with Gasteiger partial charge in [0.2, 0.25) is 0 Å². The number of carbonyl (C=O) groups excluding carboxylic acids is 1. The maximum Gasteiger partial charge on any atom is 0.336 e. The molecule has 4 aromatic rings. The van der Waals surface area contributed by atoms with Crippen molar-refractivity contribution in [2.45, 2.75) is 6.42 Å². The lowest BCUT2D eigenvalue weighted by atomic mass is 9.94. The van der Waals surface area contributed by atoms with Crippen LogP contribution in [0.1, 0.15) is 26.4 Å². The van der Waals surface area contributed by atoms with Crippen LogP contribution >= 0.6 is 0 Å². The van der Waals surface area contributed by atoms with Crippen LogP contribution in [0.4, 0.5) is 0 Å². The van der Waals surface area contributed by atoms with E-state index in [1.807, 2.05) is 54.6 Å². The van der Waals surface area contributed by atoms with Crippen molar-refractivity contribution in [3.63, 3.8) is 0 Å². The molecule has 0 saturated heterocycles. The van der Waals surface area contributed by atoms with Crippen LogP contribution < -0.4 is 0 Å². The number of para-hydroxylation sites is 1. The van der Waals surface area contributed by atoms with Crippen LogP contribution in [0, 0.1) is 0 Å². The zero-order chi connectivity index (χ0) is 19.5. The zero-order valence-electron chi connectivity index (χ0n) is 15.0. The molecule has 1 heterocycles. The number of carboxylic acids is 1. The summed E-state index contributed by atoms with van der Waals surface area (Å²) < 4.78 is 0. The van der Waals surface area contributed by atoms with Crippen molar-refractivity contribution in [1.82, 2.24) is 4.98 Å². The number of nitrogens with zero attached hydrogens (tertiary/aromatic N) is 1. The molecule has 0 unspecified atom stereocenters. The summed E-state index contributed by atoms with van der Waals surface area (Å²) in [5.74, 6) is -1.01. The number of carboxylic acid groups (broad SMARTS) is 1. The lowest BCUT2D eigenvalue weighted by Gasteiger charge is -2.12. The normalized spacial score (nSPS) is 10.7. The first-order valence-corrected chi connectivity index (χ1v) is 8.93. The number of pyridine rings is 1. The summed E-state index contributed by atoms with van der Waals surface area (Å²) in [5, 5.41) is 10.4. The number of aromatic carboxylic acids is 1. The standard InChI is InChI=1S/C24H17NO3/c26-23(16-8-2-1-3-9-16)15-17-14-21(19-11-6-7-13-22(19)25-17)18-10-4-5-12-20(18)24(27)28/h1-14H,15H2,(H,27,28). The molecular formula is C24H17NO3. The molecule has 1 N–H and O–H groups in total. The smallest absolute Gasteiger partial charge is 0.336 e. The minimum Gasteiger partial charge on any atom is -0.478 e. The summed E-state index contributed by atoms with van der Waals surface area (Å²) in [6.07, 6.45) is 0.150. The second-order valence-corrected chi connectivity index (χ2v) is 6.50. The van der Waals surface area contributed by atoms with Crippen molar-refractivity contribution in [2.24, 2.45) is 0 Å². The Morgan fingerprint density at radius 3 is 2.25 bits per heavy atom. The number of rotatable bonds is 5. The number of hydrogen-bond donors (Lipinski definition) is 1. The Kier molecular flexibility index (Phi) is 4.68. The lowest BCUT2D eigenvalue weighted by Crippen LogP contribution is -2.06. The van der Waals surface area contributed by atoms with Crippen LogP contribution in [0.5, 0.6) is 0 Å². The summed E-state index contributed by atoms with van der Waals surface area (Å²) in [6, 6.07) is 25.4. The fourth-order valence-electron chi connectivity index (χ4n) is 3.34. The molecule has 0 fully saturated rings. The minimum absolute atomic E-state index is 0.0270. The molecule has 4 nitrogen and oxygen atoms in total. The molecule has 0 atom stereocenters. The van der Waals surface area contributed by atoms with Gasteiger partial charge in [0.25, 0.3) is 0 Å². The van der Waals surface area contributed by atoms with E-state index in [4.69, 9.17) is 0 Å². The van der Waals surface area contributed by atoms with Crippen molar-refractivity contribution < 1.29 is 14.7 Å². The number of benzene rings is 3. The molecule has 136 valence electrons. The van der Waals surface area contributed by atoms with Gasteiger partial charge in [-0.2, -0.15) is 0 Å². The van der Waals surface area contributed by atoms with Gasteiger partial charge in [0.15, 0.2) is 5.78 Å². The summed E-state index contributed by atoms with van der Waals surface area (Å²) in [6.45, 7) is 0. The molecule has 3 aromatic carbocycles. The highest BCUT2D eigenvalue weighted by atomic mass is 16.4. The molecule has 28 heavy (non-hydrogen) atoms. The summed E-state index contributed by atoms with van der Waals surface area (Å²) in [4.78, 5) is 29.0. The van der Waals surface area contributed by atoms with Gasteiger partial charge in [0.1, 0.15) is 0 Å². The van der Waals surface area contributed by atoms with Gasteiger partial charge in [0.05, 0.1) is 17.5 Å². The van der Waals surface area contributed by atoms with Crippen LogP contribution in [-0.2, 0) is 6.42 Å². The first kappa shape index (κ1) is 17.6. The summed E-state index contributed by atoms with van der Waals surface area (Å²) in [5.41, 5.74) is 3.57. The van der Waals surface area contributed by atoms with Gasteiger partial charge in [-0.3, -0.25) is 9.78 Å². The quantitative estimate of drug-likeness (QED) is 0.503. The molecule has 0 radical (unpaired) electrons. The molecule has 0 aliphatic carbocycles. The van der Waals surface area contributed by atoms with Crippen molar-refractivity contribution >= 4 is 22.7 Å². The van der Waals surface area contributed by atoms with E-state index in [1.165, 1.54) is 0 Å². The maximum atomic E-state index is 12.6. The van der Waals surface area contributed by atoms with Gasteiger partial charge >= 0.3 is 5.97 Å². The van der Waals surface area contributed by atoms with E-state index in [0.717, 1.165) is 16.5 Å². The third-order valence-corrected chi connectivity index (χ3v) is 4.65. The number of ketones is 1. The summed E-state index contributed by atoms with van der Waals surface area (Å²) >= 11 is 0. The molecule has 0 aliphatic rings. The van der Waals surface area contributed by atoms with Crippen molar-refractivity contribution in [3.05, 3.63) is 102 Å². The Hall–Kier alpha value is -3.79. The number of fused-ring (bicyclic) bond motifs is 1. The van der Waals surface area contributed by atoms with Gasteiger partial charge in [0, 0.05) is 16.6 Å². The van der Waals surface area contributed by atoms with Gasteiger partial charge < -0.3 is 5.11 Å². The Morgan fingerprint density at radius 1 is 0.786 bits per heavy atom. The molecule has 0 aliphatic heterocycles. The van der Waals surface area contributed by atoms with Gasteiger partial charge in [-0.15, -0.1) is 0 Å². The molecule has 0 amide bonds. The van der Waals surface area contributed by atoms with Crippen LogP contribution in [0.3, 0.4) is 0 Å². The highest BCUT2D eigenvalue weighted by Gasteiger charge is 2.16. The van der Waals surface area contributed by atoms with E-state index >= 15 is 0 Å². The molecule has 0 spiro atoms. The average molecular weight is 367 g/mol. The third-order valence-electron chi connectivity index (χ3n) is 4.65. The SMILES string of the molecule is O=C(Cc1cc(-c2ccccc2C(=O)O)c2ccccc2n1)c1ccccc1. The zero-order valence-corrected chi connectivity index (χ0v) is 15.0. The largest absolute Gasteiger partial charge is 0.478 e. The van der Waals surface area contributed by atoms with Crippen molar-refractivity contribution in [2.75, 3.05) is 0 Å². The second-order valence-electron chi connectivity index (χ2n) is 6.50. The maximum absolute atomic E-state index is 12.6. The third kappa shape index (κ3) is 3.40. The fraction of sp³-hybridized carbons (Fsp3) is 0.0417. The van der Waals surface area contributed by atoms with E-state index in [0.29, 0.717) is 16.8 Å². The van der Waals surface area contributed by atoms with Gasteiger partial charge in [-0.05, 0) is 29.3 Å². The molecule has 0 bridgehead atoms. The highest BCUT2D eigenvalue weighted by molar-refractivity contribution is 6.03. The Bertz CT molecular complexity index is 1180. The first-order valence-electron chi connectivity index (χ1n) is 8.93. The second kappa shape index (κ2) is 7.45. The number of Topliss-reactive ketones (excluding diaryl/α,β-unsaturated/α-hetero) is 1. The Morgan fingerprint density at radius 2 is 1.46 bits per heavy atom. The topological polar surface area (TPSA) is 67.3 Å². The minimum atomic E-state index is -0.988. The van der Waals surface area contributed by atoms with Crippen LogP contribution in [-0.4, -0.2) is 21.8 Å². The lowest BCUT2D eigenvalue weighted by molar-refractivity contribution is 0.0697. The van der Waals surface area contributed by atoms with E-state index in [-0.39, 0.29) is 17.8 Å². The van der Waals surface area contributed by atoms with Gasteiger partial charge in [-0.1, -0.05) is 66.7 Å². The Balaban J connectivity index is 1.85. The number of hydrogen-bond acceptors (Lipinski definition) is 3. The fourth-order valence-corrected chi connectivity index (χ4v) is 3.34. The molecule has 1 aromatic heterocycles.